The van der Waals surface area contributed by atoms with Gasteiger partial charge in [0.15, 0.2) is 0 Å². The van der Waals surface area contributed by atoms with Gasteiger partial charge in [0, 0.05) is 6.42 Å². The van der Waals surface area contributed by atoms with Crippen molar-refractivity contribution in [2.45, 2.75) is 51.0 Å². The summed E-state index contributed by atoms with van der Waals surface area (Å²) < 4.78 is 5.34. The summed E-state index contributed by atoms with van der Waals surface area (Å²) in [6.45, 7) is 2.02. The summed E-state index contributed by atoms with van der Waals surface area (Å²) in [4.78, 5) is 23.2. The van der Waals surface area contributed by atoms with Crippen LogP contribution in [0.2, 0.25) is 0 Å². The van der Waals surface area contributed by atoms with E-state index in [1.165, 1.54) is 0 Å². The molecular weight excluding hydrogens is 294 g/mol. The molecule has 126 valence electrons. The summed E-state index contributed by atoms with van der Waals surface area (Å²) in [5.41, 5.74) is 0.562. The van der Waals surface area contributed by atoms with Gasteiger partial charge in [-0.15, -0.1) is 0 Å². The molecule has 1 aliphatic carbocycles. The monoisotopic (exact) mass is 319 g/mol. The molecular formula is C18H25NO4. The van der Waals surface area contributed by atoms with E-state index in [0.29, 0.717) is 6.42 Å². The molecule has 1 aliphatic rings. The lowest BCUT2D eigenvalue weighted by atomic mass is 9.74. The first kappa shape index (κ1) is 17.3. The summed E-state index contributed by atoms with van der Waals surface area (Å²) in [5.74, 6) is 0.0785. The minimum Gasteiger partial charge on any atom is -0.496 e. The maximum atomic E-state index is 12.3. The van der Waals surface area contributed by atoms with Crippen molar-refractivity contribution < 1.29 is 19.4 Å². The molecule has 2 N–H and O–H groups in total. The summed E-state index contributed by atoms with van der Waals surface area (Å²) in [6.07, 6.45) is 3.64. The van der Waals surface area contributed by atoms with Gasteiger partial charge in [0.1, 0.15) is 5.75 Å². The van der Waals surface area contributed by atoms with Crippen molar-refractivity contribution in [3.05, 3.63) is 29.8 Å². The second-order valence-electron chi connectivity index (χ2n) is 6.58. The molecule has 0 aliphatic heterocycles. The number of hydrogen-bond acceptors (Lipinski definition) is 3. The highest BCUT2D eigenvalue weighted by molar-refractivity contribution is 5.78. The van der Waals surface area contributed by atoms with E-state index in [9.17, 15) is 9.59 Å². The number of benzene rings is 1. The Morgan fingerprint density at radius 1 is 1.35 bits per heavy atom. The Balaban J connectivity index is 1.88. The van der Waals surface area contributed by atoms with E-state index >= 15 is 0 Å². The van der Waals surface area contributed by atoms with E-state index in [4.69, 9.17) is 9.84 Å². The van der Waals surface area contributed by atoms with Gasteiger partial charge < -0.3 is 15.2 Å². The molecule has 2 rings (SSSR count). The zero-order valence-electron chi connectivity index (χ0n) is 13.8. The van der Waals surface area contributed by atoms with Crippen molar-refractivity contribution in [1.29, 1.82) is 0 Å². The van der Waals surface area contributed by atoms with Crippen LogP contribution in [-0.4, -0.2) is 29.6 Å². The molecule has 0 heterocycles. The Morgan fingerprint density at radius 2 is 2.04 bits per heavy atom. The largest absolute Gasteiger partial charge is 0.496 e. The van der Waals surface area contributed by atoms with E-state index in [1.54, 1.807) is 7.11 Å². The Hall–Kier alpha value is -2.04. The molecule has 0 aromatic heterocycles. The SMILES string of the molecule is COc1ccccc1CC(C)CC(=O)NC1(CC(=O)O)CCC1. The Kier molecular flexibility index (Phi) is 5.64. The zero-order chi connectivity index (χ0) is 16.9. The third kappa shape index (κ3) is 4.71. The number of carbonyl (C=O) groups excluding carboxylic acids is 1. The van der Waals surface area contributed by atoms with E-state index in [1.807, 2.05) is 31.2 Å². The molecule has 1 saturated carbocycles. The summed E-state index contributed by atoms with van der Waals surface area (Å²) in [7, 11) is 1.64. The lowest BCUT2D eigenvalue weighted by Crippen LogP contribution is -2.54. The van der Waals surface area contributed by atoms with Crippen LogP contribution in [0.3, 0.4) is 0 Å². The first-order valence-electron chi connectivity index (χ1n) is 8.09. The molecule has 5 heteroatoms. The number of carboxylic acids is 1. The number of aliphatic carboxylic acids is 1. The molecule has 0 spiro atoms. The molecule has 0 saturated heterocycles. The maximum absolute atomic E-state index is 12.3. The zero-order valence-corrected chi connectivity index (χ0v) is 13.8. The molecule has 0 radical (unpaired) electrons. The van der Waals surface area contributed by atoms with Gasteiger partial charge in [-0.2, -0.15) is 0 Å². The minimum absolute atomic E-state index is 0.0135. The number of carboxylic acid groups (broad SMARTS) is 1. The van der Waals surface area contributed by atoms with Crippen molar-refractivity contribution in [1.82, 2.24) is 5.32 Å². The molecule has 1 fully saturated rings. The van der Waals surface area contributed by atoms with Gasteiger partial charge in [0.25, 0.3) is 0 Å². The van der Waals surface area contributed by atoms with Gasteiger partial charge in [-0.25, -0.2) is 0 Å². The van der Waals surface area contributed by atoms with Gasteiger partial charge in [0.2, 0.25) is 5.91 Å². The van der Waals surface area contributed by atoms with Crippen LogP contribution in [0.15, 0.2) is 24.3 Å². The van der Waals surface area contributed by atoms with Crippen LogP contribution in [0.1, 0.15) is 44.6 Å². The van der Waals surface area contributed by atoms with E-state index < -0.39 is 11.5 Å². The van der Waals surface area contributed by atoms with Crippen LogP contribution < -0.4 is 10.1 Å². The number of carbonyl (C=O) groups is 2. The molecule has 1 unspecified atom stereocenters. The fourth-order valence-electron chi connectivity index (χ4n) is 3.22. The second-order valence-corrected chi connectivity index (χ2v) is 6.58. The quantitative estimate of drug-likeness (QED) is 0.772. The molecule has 1 atom stereocenters. The fourth-order valence-corrected chi connectivity index (χ4v) is 3.22. The van der Waals surface area contributed by atoms with Gasteiger partial charge in [-0.05, 0) is 43.2 Å². The molecule has 1 aromatic rings. The highest BCUT2D eigenvalue weighted by Gasteiger charge is 2.40. The topological polar surface area (TPSA) is 75.6 Å². The van der Waals surface area contributed by atoms with Crippen molar-refractivity contribution in [3.63, 3.8) is 0 Å². The van der Waals surface area contributed by atoms with Gasteiger partial charge >= 0.3 is 5.97 Å². The van der Waals surface area contributed by atoms with Crippen LogP contribution in [-0.2, 0) is 16.0 Å². The van der Waals surface area contributed by atoms with Crippen LogP contribution in [0.25, 0.3) is 0 Å². The highest BCUT2D eigenvalue weighted by atomic mass is 16.5. The average Bonchev–Trinajstić information content (AvgIpc) is 2.44. The number of methoxy groups -OCH3 is 1. The molecule has 1 amide bonds. The van der Waals surface area contributed by atoms with Crippen LogP contribution >= 0.6 is 0 Å². The number of hydrogen-bond donors (Lipinski definition) is 2. The predicted molar refractivity (Wildman–Crippen MR) is 87.5 cm³/mol. The normalized spacial score (nSPS) is 17.0. The Bertz CT molecular complexity index is 566. The number of rotatable bonds is 8. The third-order valence-corrected chi connectivity index (χ3v) is 4.50. The van der Waals surface area contributed by atoms with Gasteiger partial charge in [0.05, 0.1) is 19.1 Å². The van der Waals surface area contributed by atoms with Gasteiger partial charge in [-0.3, -0.25) is 9.59 Å². The lowest BCUT2D eigenvalue weighted by molar-refractivity contribution is -0.140. The predicted octanol–water partition coefficient (Wildman–Crippen LogP) is 2.78. The first-order valence-corrected chi connectivity index (χ1v) is 8.09. The Labute approximate surface area is 137 Å². The third-order valence-electron chi connectivity index (χ3n) is 4.50. The summed E-state index contributed by atoms with van der Waals surface area (Å²) >= 11 is 0. The van der Waals surface area contributed by atoms with Crippen LogP contribution in [0, 0.1) is 5.92 Å². The second kappa shape index (κ2) is 7.49. The number of para-hydroxylation sites is 1. The van der Waals surface area contributed by atoms with E-state index in [0.717, 1.165) is 37.0 Å². The summed E-state index contributed by atoms with van der Waals surface area (Å²) in [5, 5.41) is 12.0. The first-order chi connectivity index (χ1) is 10.9. The van der Waals surface area contributed by atoms with E-state index in [-0.39, 0.29) is 18.2 Å². The smallest absolute Gasteiger partial charge is 0.305 e. The van der Waals surface area contributed by atoms with Crippen molar-refractivity contribution in [2.75, 3.05) is 7.11 Å². The lowest BCUT2D eigenvalue weighted by Gasteiger charge is -2.41. The average molecular weight is 319 g/mol. The van der Waals surface area contributed by atoms with Gasteiger partial charge in [-0.1, -0.05) is 25.1 Å². The maximum Gasteiger partial charge on any atom is 0.305 e. The molecule has 0 bridgehead atoms. The van der Waals surface area contributed by atoms with E-state index in [2.05, 4.69) is 5.32 Å². The van der Waals surface area contributed by atoms with Crippen LogP contribution in [0.4, 0.5) is 0 Å². The number of amides is 1. The Morgan fingerprint density at radius 3 is 2.61 bits per heavy atom. The van der Waals surface area contributed by atoms with Crippen molar-refractivity contribution in [3.8, 4) is 5.75 Å². The number of nitrogens with one attached hydrogen (secondary N) is 1. The minimum atomic E-state index is -0.855. The highest BCUT2D eigenvalue weighted by Crippen LogP contribution is 2.35. The van der Waals surface area contributed by atoms with Crippen LogP contribution in [0.5, 0.6) is 5.75 Å². The number of ether oxygens (including phenoxy) is 1. The molecule has 23 heavy (non-hydrogen) atoms. The standard InChI is InChI=1S/C18H25NO4/c1-13(10-14-6-3-4-7-15(14)23-2)11-16(20)19-18(8-5-9-18)12-17(21)22/h3-4,6-7,13H,5,8-12H2,1-2H3,(H,19,20)(H,21,22). The molecule has 5 nitrogen and oxygen atoms in total. The van der Waals surface area contributed by atoms with Crippen molar-refractivity contribution in [2.24, 2.45) is 5.92 Å². The molecule has 1 aromatic carbocycles. The van der Waals surface area contributed by atoms with Crippen molar-refractivity contribution >= 4 is 11.9 Å². The fraction of sp³-hybridized carbons (Fsp3) is 0.556. The summed E-state index contributed by atoms with van der Waals surface area (Å²) in [6, 6.07) is 7.80.